The standard InChI is InChI=1S/C21H23N5/c1-14(18-7-21(8-18)12-26(2)13-21)25-20-6-17-5-15(19-10-23-24-11-19)3-4-16(17)9-22-20/h3-6,9-11,18H,1,7-8,12-13H2,2H3,(H,22,25)(H,23,24). The largest absolute Gasteiger partial charge is 0.344 e. The van der Waals surface area contributed by atoms with Gasteiger partial charge in [0.05, 0.1) is 6.20 Å². The number of hydrogen-bond donors (Lipinski definition) is 2. The van der Waals surface area contributed by atoms with E-state index in [2.05, 4.69) is 63.3 Å². The van der Waals surface area contributed by atoms with Gasteiger partial charge in [0.2, 0.25) is 0 Å². The summed E-state index contributed by atoms with van der Waals surface area (Å²) in [5.74, 6) is 1.44. The number of pyridine rings is 1. The van der Waals surface area contributed by atoms with Crippen LogP contribution in [0, 0.1) is 11.3 Å². The van der Waals surface area contributed by atoms with Gasteiger partial charge in [-0.05, 0) is 54.3 Å². The molecule has 2 N–H and O–H groups in total. The highest BCUT2D eigenvalue weighted by molar-refractivity contribution is 5.88. The van der Waals surface area contributed by atoms with Crippen molar-refractivity contribution in [3.63, 3.8) is 0 Å². The summed E-state index contributed by atoms with van der Waals surface area (Å²) in [6, 6.07) is 8.49. The molecule has 1 spiro atoms. The Morgan fingerprint density at radius 3 is 2.77 bits per heavy atom. The molecule has 0 bridgehead atoms. The quantitative estimate of drug-likeness (QED) is 0.753. The Hall–Kier alpha value is -2.66. The van der Waals surface area contributed by atoms with E-state index in [4.69, 9.17) is 0 Å². The Bertz CT molecular complexity index is 961. The van der Waals surface area contributed by atoms with E-state index in [1.165, 1.54) is 31.3 Å². The molecule has 132 valence electrons. The minimum Gasteiger partial charge on any atom is -0.344 e. The molecule has 1 aliphatic carbocycles. The summed E-state index contributed by atoms with van der Waals surface area (Å²) in [4.78, 5) is 6.96. The Morgan fingerprint density at radius 2 is 2.04 bits per heavy atom. The molecular weight excluding hydrogens is 322 g/mol. The number of allylic oxidation sites excluding steroid dienone is 1. The summed E-state index contributed by atoms with van der Waals surface area (Å²) in [7, 11) is 2.20. The first-order valence-electron chi connectivity index (χ1n) is 9.14. The summed E-state index contributed by atoms with van der Waals surface area (Å²) >= 11 is 0. The molecule has 5 rings (SSSR count). The molecule has 0 amide bonds. The van der Waals surface area contributed by atoms with Crippen molar-refractivity contribution in [2.45, 2.75) is 12.8 Å². The van der Waals surface area contributed by atoms with Gasteiger partial charge in [0.25, 0.3) is 0 Å². The van der Waals surface area contributed by atoms with Gasteiger partial charge in [-0.2, -0.15) is 5.10 Å². The number of hydrogen-bond acceptors (Lipinski definition) is 4. The zero-order valence-corrected chi connectivity index (χ0v) is 15.0. The van der Waals surface area contributed by atoms with Gasteiger partial charge in [-0.1, -0.05) is 18.7 Å². The number of aromatic amines is 1. The molecular formula is C21H23N5. The minimum atomic E-state index is 0.568. The van der Waals surface area contributed by atoms with E-state index in [9.17, 15) is 0 Å². The van der Waals surface area contributed by atoms with Crippen LogP contribution in [0.2, 0.25) is 0 Å². The molecule has 5 nitrogen and oxygen atoms in total. The van der Waals surface area contributed by atoms with E-state index < -0.39 is 0 Å². The van der Waals surface area contributed by atoms with Gasteiger partial charge in [0.15, 0.2) is 0 Å². The fraction of sp³-hybridized carbons (Fsp3) is 0.333. The van der Waals surface area contributed by atoms with Gasteiger partial charge in [-0.15, -0.1) is 0 Å². The molecule has 0 radical (unpaired) electrons. The van der Waals surface area contributed by atoms with E-state index in [0.29, 0.717) is 11.3 Å². The van der Waals surface area contributed by atoms with Crippen molar-refractivity contribution >= 4 is 16.6 Å². The van der Waals surface area contributed by atoms with Crippen LogP contribution >= 0.6 is 0 Å². The molecule has 0 atom stereocenters. The lowest BCUT2D eigenvalue weighted by Crippen LogP contribution is -2.61. The van der Waals surface area contributed by atoms with Gasteiger partial charge in [0.1, 0.15) is 5.82 Å². The summed E-state index contributed by atoms with van der Waals surface area (Å²) in [6.45, 7) is 6.75. The van der Waals surface area contributed by atoms with Crippen LogP contribution in [0.5, 0.6) is 0 Å². The maximum Gasteiger partial charge on any atom is 0.130 e. The molecule has 2 aliphatic rings. The number of nitrogens with zero attached hydrogens (tertiary/aromatic N) is 3. The van der Waals surface area contributed by atoms with Crippen molar-refractivity contribution in [1.82, 2.24) is 20.1 Å². The van der Waals surface area contributed by atoms with E-state index in [1.54, 1.807) is 0 Å². The Labute approximate surface area is 153 Å². The zero-order chi connectivity index (χ0) is 17.7. The molecule has 5 heteroatoms. The van der Waals surface area contributed by atoms with Gasteiger partial charge in [0, 0.05) is 42.1 Å². The number of fused-ring (bicyclic) bond motifs is 1. The third-order valence-electron chi connectivity index (χ3n) is 5.90. The van der Waals surface area contributed by atoms with Crippen LogP contribution in [0.4, 0.5) is 5.82 Å². The van der Waals surface area contributed by atoms with Crippen molar-refractivity contribution < 1.29 is 0 Å². The van der Waals surface area contributed by atoms with E-state index in [1.807, 2.05) is 18.6 Å². The first-order chi connectivity index (χ1) is 12.6. The van der Waals surface area contributed by atoms with Crippen LogP contribution in [-0.4, -0.2) is 40.2 Å². The summed E-state index contributed by atoms with van der Waals surface area (Å²) < 4.78 is 0. The number of nitrogens with one attached hydrogen (secondary N) is 2. The van der Waals surface area contributed by atoms with Crippen LogP contribution in [-0.2, 0) is 0 Å². The second kappa shape index (κ2) is 5.68. The predicted molar refractivity (Wildman–Crippen MR) is 105 cm³/mol. The van der Waals surface area contributed by atoms with Crippen LogP contribution in [0.3, 0.4) is 0 Å². The molecule has 0 unspecified atom stereocenters. The van der Waals surface area contributed by atoms with Crippen LogP contribution in [0.25, 0.3) is 21.9 Å². The fourth-order valence-electron chi connectivity index (χ4n) is 4.65. The average Bonchev–Trinajstić information content (AvgIpc) is 3.10. The average molecular weight is 345 g/mol. The lowest BCUT2D eigenvalue weighted by atomic mass is 9.57. The number of H-pyrrole nitrogens is 1. The van der Waals surface area contributed by atoms with Gasteiger partial charge >= 0.3 is 0 Å². The molecule has 3 aromatic rings. The highest BCUT2D eigenvalue weighted by Gasteiger charge is 2.51. The van der Waals surface area contributed by atoms with Crippen LogP contribution in [0.15, 0.2) is 55.1 Å². The number of rotatable bonds is 4. The molecule has 1 saturated carbocycles. The smallest absolute Gasteiger partial charge is 0.130 e. The summed E-state index contributed by atoms with van der Waals surface area (Å²) in [5, 5.41) is 12.7. The van der Waals surface area contributed by atoms with E-state index in [0.717, 1.165) is 28.0 Å². The molecule has 1 aliphatic heterocycles. The second-order valence-electron chi connectivity index (χ2n) is 8.05. The molecule has 1 aromatic carbocycles. The second-order valence-corrected chi connectivity index (χ2v) is 8.05. The molecule has 3 heterocycles. The van der Waals surface area contributed by atoms with Crippen molar-refractivity contribution in [1.29, 1.82) is 0 Å². The Morgan fingerprint density at radius 1 is 1.19 bits per heavy atom. The number of aromatic nitrogens is 3. The lowest BCUT2D eigenvalue weighted by molar-refractivity contribution is -0.0703. The SMILES string of the molecule is C=C(Nc1cc2cc(-c3cn[nH]c3)ccc2cn1)C1CC2(C1)CN(C)C2. The first kappa shape index (κ1) is 15.6. The number of benzene rings is 1. The summed E-state index contributed by atoms with van der Waals surface area (Å²) in [6.07, 6.45) is 8.18. The van der Waals surface area contributed by atoms with E-state index in [-0.39, 0.29) is 0 Å². The first-order valence-corrected chi connectivity index (χ1v) is 9.14. The highest BCUT2D eigenvalue weighted by atomic mass is 15.2. The predicted octanol–water partition coefficient (Wildman–Crippen LogP) is 3.89. The van der Waals surface area contributed by atoms with Crippen molar-refractivity contribution in [2.75, 3.05) is 25.5 Å². The van der Waals surface area contributed by atoms with Crippen molar-refractivity contribution in [3.05, 3.63) is 55.1 Å². The third kappa shape index (κ3) is 2.59. The lowest BCUT2D eigenvalue weighted by Gasteiger charge is -2.58. The van der Waals surface area contributed by atoms with Crippen molar-refractivity contribution in [3.8, 4) is 11.1 Å². The van der Waals surface area contributed by atoms with Gasteiger partial charge in [-0.25, -0.2) is 4.98 Å². The van der Waals surface area contributed by atoms with E-state index >= 15 is 0 Å². The number of anilines is 1. The van der Waals surface area contributed by atoms with Gasteiger partial charge in [-0.3, -0.25) is 5.10 Å². The van der Waals surface area contributed by atoms with Crippen LogP contribution < -0.4 is 5.32 Å². The highest BCUT2D eigenvalue weighted by Crippen LogP contribution is 2.53. The maximum atomic E-state index is 4.56. The fourth-order valence-corrected chi connectivity index (χ4v) is 4.65. The minimum absolute atomic E-state index is 0.568. The molecule has 2 fully saturated rings. The van der Waals surface area contributed by atoms with Gasteiger partial charge < -0.3 is 10.2 Å². The molecule has 1 saturated heterocycles. The Kier molecular flexibility index (Phi) is 3.40. The summed E-state index contributed by atoms with van der Waals surface area (Å²) in [5.41, 5.74) is 3.91. The topological polar surface area (TPSA) is 56.8 Å². The molecule has 2 aromatic heterocycles. The van der Waals surface area contributed by atoms with Crippen molar-refractivity contribution in [2.24, 2.45) is 11.3 Å². The maximum absolute atomic E-state index is 4.56. The monoisotopic (exact) mass is 345 g/mol. The Balaban J connectivity index is 1.32. The number of likely N-dealkylation sites (tertiary alicyclic amines) is 1. The molecule has 26 heavy (non-hydrogen) atoms. The normalized spacial score (nSPS) is 19.3. The zero-order valence-electron chi connectivity index (χ0n) is 15.0. The third-order valence-corrected chi connectivity index (χ3v) is 5.90. The van der Waals surface area contributed by atoms with Crippen LogP contribution in [0.1, 0.15) is 12.8 Å².